The number of nitro groups is 1. The first-order chi connectivity index (χ1) is 9.06. The Bertz CT molecular complexity index is 623. The van der Waals surface area contributed by atoms with E-state index in [1.807, 2.05) is 0 Å². The van der Waals surface area contributed by atoms with Crippen LogP contribution in [0.15, 0.2) is 48.5 Å². The van der Waals surface area contributed by atoms with E-state index in [1.54, 1.807) is 36.4 Å². The van der Waals surface area contributed by atoms with E-state index in [0.717, 1.165) is 5.56 Å². The molecule has 0 aliphatic heterocycles. The molecule has 0 atom stereocenters. The van der Waals surface area contributed by atoms with Crippen LogP contribution in [-0.2, 0) is 6.42 Å². The molecule has 0 aromatic heterocycles. The van der Waals surface area contributed by atoms with Gasteiger partial charge in [-0.05, 0) is 17.7 Å². The molecular formula is C14H10ClNO3. The second-order valence-electron chi connectivity index (χ2n) is 4.03. The highest BCUT2D eigenvalue weighted by molar-refractivity contribution is 6.31. The zero-order valence-electron chi connectivity index (χ0n) is 9.88. The molecule has 2 aromatic carbocycles. The van der Waals surface area contributed by atoms with Gasteiger partial charge in [0.25, 0.3) is 5.69 Å². The van der Waals surface area contributed by atoms with Crippen LogP contribution in [0.5, 0.6) is 0 Å². The van der Waals surface area contributed by atoms with E-state index in [-0.39, 0.29) is 17.9 Å². The molecule has 0 aliphatic carbocycles. The fraction of sp³-hybridized carbons (Fsp3) is 0.0714. The second kappa shape index (κ2) is 5.63. The SMILES string of the molecule is O=C(Cc1ccc([N+](=O)[O-])cc1)c1cccc(Cl)c1. The highest BCUT2D eigenvalue weighted by Crippen LogP contribution is 2.16. The Morgan fingerprint density at radius 2 is 1.84 bits per heavy atom. The van der Waals surface area contributed by atoms with Crippen LogP contribution in [0.25, 0.3) is 0 Å². The molecule has 2 rings (SSSR count). The molecule has 2 aromatic rings. The summed E-state index contributed by atoms with van der Waals surface area (Å²) in [5.41, 5.74) is 1.28. The number of carbonyl (C=O) groups excluding carboxylic acids is 1. The highest BCUT2D eigenvalue weighted by Gasteiger charge is 2.09. The Kier molecular flexibility index (Phi) is 3.92. The number of hydrogen-bond donors (Lipinski definition) is 0. The van der Waals surface area contributed by atoms with Crippen molar-refractivity contribution in [2.75, 3.05) is 0 Å². The maximum Gasteiger partial charge on any atom is 0.269 e. The molecule has 4 nitrogen and oxygen atoms in total. The predicted molar refractivity (Wildman–Crippen MR) is 72.6 cm³/mol. The average molecular weight is 276 g/mol. The Hall–Kier alpha value is -2.20. The molecule has 0 unspecified atom stereocenters. The summed E-state index contributed by atoms with van der Waals surface area (Å²) in [6.07, 6.45) is 0.193. The number of hydrogen-bond acceptors (Lipinski definition) is 3. The van der Waals surface area contributed by atoms with Crippen LogP contribution in [0.3, 0.4) is 0 Å². The maximum absolute atomic E-state index is 12.0. The zero-order chi connectivity index (χ0) is 13.8. The van der Waals surface area contributed by atoms with Crippen LogP contribution in [0.2, 0.25) is 5.02 Å². The molecule has 0 fully saturated rings. The normalized spacial score (nSPS) is 10.2. The van der Waals surface area contributed by atoms with Crippen LogP contribution in [-0.4, -0.2) is 10.7 Å². The summed E-state index contributed by atoms with van der Waals surface area (Å²) in [5, 5.41) is 11.0. The van der Waals surface area contributed by atoms with Crippen LogP contribution in [0.1, 0.15) is 15.9 Å². The quantitative estimate of drug-likeness (QED) is 0.486. The minimum atomic E-state index is -0.470. The monoisotopic (exact) mass is 275 g/mol. The van der Waals surface area contributed by atoms with Gasteiger partial charge in [-0.15, -0.1) is 0 Å². The Morgan fingerprint density at radius 3 is 2.42 bits per heavy atom. The molecule has 0 spiro atoms. The van der Waals surface area contributed by atoms with Crippen LogP contribution < -0.4 is 0 Å². The molecule has 5 heteroatoms. The third-order valence-electron chi connectivity index (χ3n) is 2.66. The molecule has 0 saturated carbocycles. The molecule has 0 amide bonds. The molecule has 0 saturated heterocycles. The lowest BCUT2D eigenvalue weighted by Gasteiger charge is -2.02. The van der Waals surface area contributed by atoms with Gasteiger partial charge < -0.3 is 0 Å². The summed E-state index contributed by atoms with van der Waals surface area (Å²) in [6.45, 7) is 0. The van der Waals surface area contributed by atoms with E-state index in [9.17, 15) is 14.9 Å². The van der Waals surface area contributed by atoms with Gasteiger partial charge in [-0.3, -0.25) is 14.9 Å². The molecule has 19 heavy (non-hydrogen) atoms. The van der Waals surface area contributed by atoms with E-state index in [1.165, 1.54) is 12.1 Å². The van der Waals surface area contributed by atoms with Gasteiger partial charge in [0.15, 0.2) is 5.78 Å². The van der Waals surface area contributed by atoms with Gasteiger partial charge in [0, 0.05) is 29.1 Å². The second-order valence-corrected chi connectivity index (χ2v) is 4.47. The van der Waals surface area contributed by atoms with Gasteiger partial charge in [0.1, 0.15) is 0 Å². The number of nitro benzene ring substituents is 1. The molecule has 0 radical (unpaired) electrons. The van der Waals surface area contributed by atoms with Gasteiger partial charge in [-0.2, -0.15) is 0 Å². The van der Waals surface area contributed by atoms with Gasteiger partial charge >= 0.3 is 0 Å². The van der Waals surface area contributed by atoms with Gasteiger partial charge in [-0.25, -0.2) is 0 Å². The number of halogens is 1. The lowest BCUT2D eigenvalue weighted by molar-refractivity contribution is -0.384. The summed E-state index contributed by atoms with van der Waals surface area (Å²) >= 11 is 5.82. The number of non-ortho nitro benzene ring substituents is 1. The smallest absolute Gasteiger partial charge is 0.269 e. The topological polar surface area (TPSA) is 60.2 Å². The Balaban J connectivity index is 2.13. The van der Waals surface area contributed by atoms with Crippen molar-refractivity contribution >= 4 is 23.1 Å². The third-order valence-corrected chi connectivity index (χ3v) is 2.89. The van der Waals surface area contributed by atoms with Gasteiger partial charge in [-0.1, -0.05) is 35.9 Å². The van der Waals surface area contributed by atoms with E-state index in [4.69, 9.17) is 11.6 Å². The van der Waals surface area contributed by atoms with E-state index < -0.39 is 4.92 Å². The Morgan fingerprint density at radius 1 is 1.16 bits per heavy atom. The summed E-state index contributed by atoms with van der Waals surface area (Å²) in [6, 6.07) is 12.7. The Labute approximate surface area is 114 Å². The van der Waals surface area contributed by atoms with Crippen molar-refractivity contribution in [3.8, 4) is 0 Å². The first-order valence-electron chi connectivity index (χ1n) is 5.58. The van der Waals surface area contributed by atoms with E-state index in [0.29, 0.717) is 10.6 Å². The van der Waals surface area contributed by atoms with Crippen molar-refractivity contribution < 1.29 is 9.72 Å². The van der Waals surface area contributed by atoms with Crippen molar-refractivity contribution in [3.05, 3.63) is 74.8 Å². The van der Waals surface area contributed by atoms with E-state index in [2.05, 4.69) is 0 Å². The first kappa shape index (κ1) is 13.2. The molecule has 0 N–H and O–H groups in total. The fourth-order valence-electron chi connectivity index (χ4n) is 1.68. The number of benzene rings is 2. The summed E-state index contributed by atoms with van der Waals surface area (Å²) in [7, 11) is 0. The number of ketones is 1. The maximum atomic E-state index is 12.0. The van der Waals surface area contributed by atoms with Crippen LogP contribution in [0, 0.1) is 10.1 Å². The third kappa shape index (κ3) is 3.39. The molecular weight excluding hydrogens is 266 g/mol. The van der Waals surface area contributed by atoms with Crippen molar-refractivity contribution in [3.63, 3.8) is 0 Å². The predicted octanol–water partition coefficient (Wildman–Crippen LogP) is 3.67. The van der Waals surface area contributed by atoms with Crippen LogP contribution >= 0.6 is 11.6 Å². The summed E-state index contributed by atoms with van der Waals surface area (Å²) < 4.78 is 0. The largest absolute Gasteiger partial charge is 0.294 e. The van der Waals surface area contributed by atoms with E-state index >= 15 is 0 Å². The highest BCUT2D eigenvalue weighted by atomic mass is 35.5. The number of Topliss-reactive ketones (excluding diaryl/α,β-unsaturated/α-hetero) is 1. The lowest BCUT2D eigenvalue weighted by Crippen LogP contribution is -2.03. The van der Waals surface area contributed by atoms with Crippen molar-refractivity contribution in [1.82, 2.24) is 0 Å². The zero-order valence-corrected chi connectivity index (χ0v) is 10.6. The molecule has 0 bridgehead atoms. The molecule has 96 valence electrons. The molecule has 0 heterocycles. The number of nitrogens with zero attached hydrogens (tertiary/aromatic N) is 1. The number of carbonyl (C=O) groups is 1. The summed E-state index contributed by atoms with van der Waals surface area (Å²) in [5.74, 6) is -0.0728. The van der Waals surface area contributed by atoms with Gasteiger partial charge in [0.05, 0.1) is 4.92 Å². The fourth-order valence-corrected chi connectivity index (χ4v) is 1.88. The van der Waals surface area contributed by atoms with Crippen LogP contribution in [0.4, 0.5) is 5.69 Å². The molecule has 0 aliphatic rings. The van der Waals surface area contributed by atoms with Gasteiger partial charge in [0.2, 0.25) is 0 Å². The lowest BCUT2D eigenvalue weighted by atomic mass is 10.0. The summed E-state index contributed by atoms with van der Waals surface area (Å²) in [4.78, 5) is 22.0. The first-order valence-corrected chi connectivity index (χ1v) is 5.96. The minimum Gasteiger partial charge on any atom is -0.294 e. The number of rotatable bonds is 4. The standard InChI is InChI=1S/C14H10ClNO3/c15-12-3-1-2-11(9-12)14(17)8-10-4-6-13(7-5-10)16(18)19/h1-7,9H,8H2. The van der Waals surface area contributed by atoms with Crippen molar-refractivity contribution in [2.45, 2.75) is 6.42 Å². The average Bonchev–Trinajstić information content (AvgIpc) is 2.39. The van der Waals surface area contributed by atoms with Crippen molar-refractivity contribution in [1.29, 1.82) is 0 Å². The van der Waals surface area contributed by atoms with Crippen molar-refractivity contribution in [2.24, 2.45) is 0 Å². The minimum absolute atomic E-state index is 0.0129.